The van der Waals surface area contributed by atoms with Crippen LogP contribution in [-0.4, -0.2) is 29.0 Å². The normalized spacial score (nSPS) is 12.4. The molecule has 0 unspecified atom stereocenters. The third kappa shape index (κ3) is 8.53. The molecule has 96 valence electrons. The Labute approximate surface area is 106 Å². The van der Waals surface area contributed by atoms with Gasteiger partial charge in [-0.05, 0) is 39.5 Å². The van der Waals surface area contributed by atoms with Gasteiger partial charge in [0.2, 0.25) is 5.69 Å². The first-order valence-corrected chi connectivity index (χ1v) is 9.31. The third-order valence-electron chi connectivity index (χ3n) is 1.25. The van der Waals surface area contributed by atoms with Gasteiger partial charge in [-0.3, -0.25) is 4.79 Å². The van der Waals surface area contributed by atoms with Crippen molar-refractivity contribution in [2.75, 3.05) is 5.75 Å². The number of rotatable bonds is 8. The first kappa shape index (κ1) is 16.4. The lowest BCUT2D eigenvalue weighted by molar-refractivity contribution is -0.136. The second-order valence-electron chi connectivity index (χ2n) is 3.73. The van der Waals surface area contributed by atoms with Crippen LogP contribution >= 0.6 is 17.1 Å². The molecule has 0 atom stereocenters. The van der Waals surface area contributed by atoms with Gasteiger partial charge in [0.15, 0.2) is 0 Å². The molecule has 7 heteroatoms. The highest BCUT2D eigenvalue weighted by Gasteiger charge is 2.23. The molecular formula is C9H19O4PS2. The molecule has 0 aliphatic carbocycles. The first-order chi connectivity index (χ1) is 7.25. The molecule has 1 N–H and O–H groups in total. The average Bonchev–Trinajstić information content (AvgIpc) is 1.98. The van der Waals surface area contributed by atoms with Crippen molar-refractivity contribution in [2.45, 2.75) is 46.3 Å². The van der Waals surface area contributed by atoms with E-state index in [-0.39, 0.29) is 18.6 Å². The first-order valence-electron chi connectivity index (χ1n) is 5.08. The molecule has 0 aliphatic heterocycles. The van der Waals surface area contributed by atoms with Crippen molar-refractivity contribution in [3.63, 3.8) is 0 Å². The smallest absolute Gasteiger partial charge is 0.304 e. The Morgan fingerprint density at radius 3 is 2.06 bits per heavy atom. The Balaban J connectivity index is 4.30. The van der Waals surface area contributed by atoms with Crippen LogP contribution in [0.25, 0.3) is 0 Å². The van der Waals surface area contributed by atoms with E-state index in [9.17, 15) is 4.79 Å². The highest BCUT2D eigenvalue weighted by molar-refractivity contribution is 8.67. The molecule has 0 aromatic carbocycles. The van der Waals surface area contributed by atoms with Gasteiger partial charge in [-0.25, -0.2) is 0 Å². The van der Waals surface area contributed by atoms with E-state index >= 15 is 0 Å². The summed E-state index contributed by atoms with van der Waals surface area (Å²) in [7, 11) is 0. The molecule has 0 saturated carbocycles. The monoisotopic (exact) mass is 286 g/mol. The van der Waals surface area contributed by atoms with Crippen LogP contribution in [-0.2, 0) is 25.6 Å². The van der Waals surface area contributed by atoms with E-state index in [4.69, 9.17) is 26.0 Å². The van der Waals surface area contributed by atoms with Crippen LogP contribution in [0.4, 0.5) is 0 Å². The molecule has 4 nitrogen and oxygen atoms in total. The van der Waals surface area contributed by atoms with Crippen molar-refractivity contribution in [1.29, 1.82) is 0 Å². The largest absolute Gasteiger partial charge is 0.481 e. The van der Waals surface area contributed by atoms with Crippen molar-refractivity contribution in [3.05, 3.63) is 0 Å². The van der Waals surface area contributed by atoms with Crippen LogP contribution in [0.5, 0.6) is 0 Å². The van der Waals surface area contributed by atoms with E-state index in [0.29, 0.717) is 5.75 Å². The topological polar surface area (TPSA) is 55.8 Å². The zero-order valence-corrected chi connectivity index (χ0v) is 12.5. The summed E-state index contributed by atoms with van der Waals surface area (Å²) >= 11 is 6.65. The molecule has 0 aromatic rings. The average molecular weight is 286 g/mol. The summed E-state index contributed by atoms with van der Waals surface area (Å²) in [5, 5.41) is 8.56. The summed E-state index contributed by atoms with van der Waals surface area (Å²) in [6, 6.07) is 0. The minimum absolute atomic E-state index is 0.0121. The molecule has 0 radical (unpaired) electrons. The van der Waals surface area contributed by atoms with E-state index in [1.54, 1.807) is 0 Å². The molecule has 0 amide bonds. The van der Waals surface area contributed by atoms with Crippen LogP contribution < -0.4 is 0 Å². The molecule has 0 aromatic heterocycles. The SMILES string of the molecule is CC(C)OP(=S)(OC(C)C)SCCC(=O)O. The highest BCUT2D eigenvalue weighted by atomic mass is 32.9. The van der Waals surface area contributed by atoms with Crippen molar-refractivity contribution in [2.24, 2.45) is 0 Å². The minimum Gasteiger partial charge on any atom is -0.481 e. The number of carboxylic acids is 1. The van der Waals surface area contributed by atoms with Crippen LogP contribution in [0.1, 0.15) is 34.1 Å². The van der Waals surface area contributed by atoms with Gasteiger partial charge < -0.3 is 14.2 Å². The molecule has 0 rings (SSSR count). The van der Waals surface area contributed by atoms with Gasteiger partial charge >= 0.3 is 5.97 Å². The van der Waals surface area contributed by atoms with Crippen LogP contribution in [0.15, 0.2) is 0 Å². The predicted molar refractivity (Wildman–Crippen MR) is 71.4 cm³/mol. The summed E-state index contributed by atoms with van der Waals surface area (Å²) in [4.78, 5) is 10.4. The van der Waals surface area contributed by atoms with E-state index in [1.165, 1.54) is 11.4 Å². The second kappa shape index (κ2) is 7.67. The van der Waals surface area contributed by atoms with Crippen molar-refractivity contribution < 1.29 is 18.9 Å². The molecule has 0 aliphatic rings. The Bertz CT molecular complexity index is 254. The lowest BCUT2D eigenvalue weighted by Crippen LogP contribution is -2.06. The quantitative estimate of drug-likeness (QED) is 0.691. The maximum Gasteiger partial charge on any atom is 0.304 e. The Morgan fingerprint density at radius 2 is 1.75 bits per heavy atom. The Morgan fingerprint density at radius 1 is 1.31 bits per heavy atom. The zero-order valence-electron chi connectivity index (χ0n) is 10.0. The summed E-state index contributed by atoms with van der Waals surface area (Å²) < 4.78 is 11.2. The molecular weight excluding hydrogens is 267 g/mol. The van der Waals surface area contributed by atoms with E-state index in [0.717, 1.165) is 0 Å². The van der Waals surface area contributed by atoms with Gasteiger partial charge in [0, 0.05) is 5.75 Å². The lowest BCUT2D eigenvalue weighted by atomic mass is 10.5. The maximum absolute atomic E-state index is 10.4. The van der Waals surface area contributed by atoms with Gasteiger partial charge in [-0.2, -0.15) is 0 Å². The predicted octanol–water partition coefficient (Wildman–Crippen LogP) is 3.27. The van der Waals surface area contributed by atoms with E-state index in [2.05, 4.69) is 0 Å². The van der Waals surface area contributed by atoms with E-state index < -0.39 is 11.7 Å². The van der Waals surface area contributed by atoms with Crippen LogP contribution in [0.3, 0.4) is 0 Å². The van der Waals surface area contributed by atoms with Gasteiger partial charge in [-0.1, -0.05) is 11.4 Å². The fourth-order valence-electron chi connectivity index (χ4n) is 0.847. The number of hydrogen-bond donors (Lipinski definition) is 1. The Kier molecular flexibility index (Phi) is 7.85. The van der Waals surface area contributed by atoms with Gasteiger partial charge in [0.05, 0.1) is 18.6 Å². The maximum atomic E-state index is 10.4. The fraction of sp³-hybridized carbons (Fsp3) is 0.889. The summed E-state index contributed by atoms with van der Waals surface area (Å²) in [5.41, 5.74) is -2.40. The van der Waals surface area contributed by atoms with Crippen molar-refractivity contribution in [3.8, 4) is 0 Å². The zero-order chi connectivity index (χ0) is 12.8. The molecule has 16 heavy (non-hydrogen) atoms. The summed E-state index contributed by atoms with van der Waals surface area (Å²) in [6.07, 6.45) is 0.0511. The van der Waals surface area contributed by atoms with Crippen molar-refractivity contribution in [1.82, 2.24) is 0 Å². The Hall–Kier alpha value is 0.390. The van der Waals surface area contributed by atoms with Crippen molar-refractivity contribution >= 4 is 34.9 Å². The van der Waals surface area contributed by atoms with Gasteiger partial charge in [0.1, 0.15) is 0 Å². The molecule has 0 spiro atoms. The summed E-state index contributed by atoms with van der Waals surface area (Å²) in [5.74, 6) is -0.408. The number of aliphatic carboxylic acids is 1. The number of carboxylic acid groups (broad SMARTS) is 1. The van der Waals surface area contributed by atoms with Gasteiger partial charge in [-0.15, -0.1) is 0 Å². The molecule has 0 heterocycles. The minimum atomic E-state index is -2.40. The van der Waals surface area contributed by atoms with Crippen LogP contribution in [0, 0.1) is 0 Å². The van der Waals surface area contributed by atoms with Gasteiger partial charge in [0.25, 0.3) is 0 Å². The molecule has 0 saturated heterocycles. The summed E-state index contributed by atoms with van der Waals surface area (Å²) in [6.45, 7) is 7.57. The number of hydrogen-bond acceptors (Lipinski definition) is 5. The molecule has 0 bridgehead atoms. The standard InChI is InChI=1S/C9H19O4PS2/c1-7(2)12-14(15,13-8(3)4)16-6-5-9(10)11/h7-8H,5-6H2,1-4H3,(H,10,11). The van der Waals surface area contributed by atoms with Crippen LogP contribution in [0.2, 0.25) is 0 Å². The highest BCUT2D eigenvalue weighted by Crippen LogP contribution is 2.62. The fourth-order valence-corrected chi connectivity index (χ4v) is 6.59. The number of carbonyl (C=O) groups is 1. The second-order valence-corrected chi connectivity index (χ2v) is 10.1. The lowest BCUT2D eigenvalue weighted by Gasteiger charge is -2.25. The molecule has 0 fully saturated rings. The third-order valence-corrected chi connectivity index (χ3v) is 6.79. The van der Waals surface area contributed by atoms with E-state index in [1.807, 2.05) is 27.7 Å².